The molecule has 1 aromatic carbocycles. The van der Waals surface area contributed by atoms with Crippen LogP contribution in [-0.2, 0) is 9.16 Å². The number of hydrogen-bond acceptors (Lipinski definition) is 3. The second-order valence-corrected chi connectivity index (χ2v) is 13.5. The molecule has 0 spiro atoms. The van der Waals surface area contributed by atoms with Crippen molar-refractivity contribution >= 4 is 14.3 Å². The smallest absolute Gasteiger partial charge is 0.338 e. The molecule has 4 heteroatoms. The van der Waals surface area contributed by atoms with Gasteiger partial charge in [-0.1, -0.05) is 71.4 Å². The molecular weight excluding hydrogens is 376 g/mol. The van der Waals surface area contributed by atoms with E-state index in [0.29, 0.717) is 5.56 Å². The molecule has 0 heterocycles. The highest BCUT2D eigenvalue weighted by atomic mass is 28.4. The molecule has 0 aliphatic rings. The van der Waals surface area contributed by atoms with E-state index < -0.39 is 13.9 Å². The van der Waals surface area contributed by atoms with Gasteiger partial charge in [0.15, 0.2) is 8.32 Å². The second kappa shape index (κ2) is 12.5. The molecule has 0 aliphatic heterocycles. The highest BCUT2D eigenvalue weighted by Gasteiger charge is 2.35. The number of esters is 1. The van der Waals surface area contributed by atoms with Crippen LogP contribution < -0.4 is 0 Å². The summed E-state index contributed by atoms with van der Waals surface area (Å²) >= 11 is 0. The topological polar surface area (TPSA) is 35.5 Å². The van der Waals surface area contributed by atoms with Crippen molar-refractivity contribution in [2.75, 3.05) is 0 Å². The lowest BCUT2D eigenvalue weighted by Crippen LogP contribution is -2.39. The zero-order valence-electron chi connectivity index (χ0n) is 20.0. The van der Waals surface area contributed by atoms with Gasteiger partial charge in [-0.15, -0.1) is 0 Å². The molecule has 0 N–H and O–H groups in total. The minimum atomic E-state index is -1.76. The quantitative estimate of drug-likeness (QED) is 0.239. The van der Waals surface area contributed by atoms with E-state index in [2.05, 4.69) is 27.7 Å². The first-order valence-electron chi connectivity index (χ1n) is 11.7. The largest absolute Gasteiger partial charge is 0.456 e. The highest BCUT2D eigenvalue weighted by molar-refractivity contribution is 6.73. The molecule has 0 saturated heterocycles. The summed E-state index contributed by atoms with van der Waals surface area (Å²) in [6.07, 6.45) is 7.57. The third-order valence-corrected chi connectivity index (χ3v) is 10.0. The maximum absolute atomic E-state index is 12.3. The number of unbranched alkanes of at least 4 members (excludes halogenated alkanes) is 3. The van der Waals surface area contributed by atoms with Crippen LogP contribution in [-0.4, -0.2) is 19.9 Å². The first kappa shape index (κ1) is 25.9. The van der Waals surface area contributed by atoms with Gasteiger partial charge in [-0.25, -0.2) is 4.79 Å². The van der Waals surface area contributed by atoms with Gasteiger partial charge in [0.1, 0.15) is 5.60 Å². The van der Waals surface area contributed by atoms with Gasteiger partial charge in [0.05, 0.1) is 11.7 Å². The molecule has 29 heavy (non-hydrogen) atoms. The predicted molar refractivity (Wildman–Crippen MR) is 126 cm³/mol. The fourth-order valence-electron chi connectivity index (χ4n) is 3.72. The van der Waals surface area contributed by atoms with Crippen LogP contribution in [0.15, 0.2) is 24.3 Å². The summed E-state index contributed by atoms with van der Waals surface area (Å²) in [4.78, 5) is 12.3. The van der Waals surface area contributed by atoms with Crippen molar-refractivity contribution in [1.82, 2.24) is 0 Å². The molecule has 0 bridgehead atoms. The monoisotopic (exact) mass is 420 g/mol. The summed E-state index contributed by atoms with van der Waals surface area (Å²) in [5.41, 5.74) is 1.27. The summed E-state index contributed by atoms with van der Waals surface area (Å²) in [6, 6.07) is 11.6. The number of benzene rings is 1. The van der Waals surface area contributed by atoms with E-state index in [0.717, 1.165) is 5.56 Å². The Morgan fingerprint density at radius 2 is 1.34 bits per heavy atom. The van der Waals surface area contributed by atoms with E-state index in [4.69, 9.17) is 9.16 Å². The van der Waals surface area contributed by atoms with Gasteiger partial charge in [0.25, 0.3) is 0 Å². The summed E-state index contributed by atoms with van der Waals surface area (Å²) < 4.78 is 12.4. The predicted octanol–water partition coefficient (Wildman–Crippen LogP) is 8.07. The maximum Gasteiger partial charge on any atom is 0.338 e. The Morgan fingerprint density at radius 3 is 1.72 bits per heavy atom. The molecule has 0 radical (unpaired) electrons. The average Bonchev–Trinajstić information content (AvgIpc) is 2.67. The first-order valence-corrected chi connectivity index (χ1v) is 14.2. The fraction of sp³-hybridized carbons (Fsp3) is 0.720. The maximum atomic E-state index is 12.3. The molecule has 0 amide bonds. The van der Waals surface area contributed by atoms with E-state index in [1.807, 2.05) is 45.0 Å². The van der Waals surface area contributed by atoms with E-state index in [1.165, 1.54) is 56.7 Å². The lowest BCUT2D eigenvalue weighted by Gasteiger charge is -2.35. The van der Waals surface area contributed by atoms with Crippen LogP contribution in [0, 0.1) is 0 Å². The molecule has 1 atom stereocenters. The SMILES string of the molecule is CCCC[Si](CCCC)(CCCC)O[C@@H](C)c1ccc(C(=O)OC(C)(C)C)cc1. The second-order valence-electron chi connectivity index (χ2n) is 9.38. The molecule has 0 saturated carbocycles. The molecule has 0 unspecified atom stereocenters. The first-order chi connectivity index (χ1) is 13.7. The Balaban J connectivity index is 2.93. The molecule has 0 aromatic heterocycles. The van der Waals surface area contributed by atoms with Crippen LogP contribution in [0.4, 0.5) is 0 Å². The van der Waals surface area contributed by atoms with E-state index in [9.17, 15) is 4.79 Å². The Bertz CT molecular complexity index is 567. The van der Waals surface area contributed by atoms with E-state index in [1.54, 1.807) is 0 Å². The number of carbonyl (C=O) groups is 1. The van der Waals surface area contributed by atoms with Crippen LogP contribution >= 0.6 is 0 Å². The average molecular weight is 421 g/mol. The van der Waals surface area contributed by atoms with Crippen molar-refractivity contribution in [3.05, 3.63) is 35.4 Å². The Morgan fingerprint density at radius 1 is 0.897 bits per heavy atom. The molecule has 0 aliphatic carbocycles. The fourth-order valence-corrected chi connectivity index (χ4v) is 8.70. The molecule has 1 rings (SSSR count). The van der Waals surface area contributed by atoms with Crippen LogP contribution in [0.1, 0.15) is 109 Å². The Hall–Kier alpha value is -1.13. The molecular formula is C25H44O3Si. The van der Waals surface area contributed by atoms with Crippen LogP contribution in [0.5, 0.6) is 0 Å². The summed E-state index contributed by atoms with van der Waals surface area (Å²) in [5, 5.41) is 0. The van der Waals surface area contributed by atoms with Gasteiger partial charge in [-0.3, -0.25) is 0 Å². The summed E-state index contributed by atoms with van der Waals surface area (Å²) in [5.74, 6) is -0.268. The number of carbonyl (C=O) groups excluding carboxylic acids is 1. The van der Waals surface area contributed by atoms with Gasteiger partial charge >= 0.3 is 5.97 Å². The van der Waals surface area contributed by atoms with Gasteiger partial charge in [-0.2, -0.15) is 0 Å². The van der Waals surface area contributed by atoms with E-state index >= 15 is 0 Å². The number of rotatable bonds is 13. The minimum Gasteiger partial charge on any atom is -0.456 e. The van der Waals surface area contributed by atoms with Crippen molar-refractivity contribution in [1.29, 1.82) is 0 Å². The molecule has 166 valence electrons. The minimum absolute atomic E-state index is 0.0694. The normalized spacial score (nSPS) is 13.3. The van der Waals surface area contributed by atoms with Gasteiger partial charge in [-0.05, 0) is 63.5 Å². The van der Waals surface area contributed by atoms with Crippen LogP contribution in [0.2, 0.25) is 18.1 Å². The van der Waals surface area contributed by atoms with Gasteiger partial charge in [0, 0.05) is 0 Å². The summed E-state index contributed by atoms with van der Waals surface area (Å²) in [7, 11) is -1.76. The van der Waals surface area contributed by atoms with Gasteiger partial charge in [0.2, 0.25) is 0 Å². The highest BCUT2D eigenvalue weighted by Crippen LogP contribution is 2.34. The zero-order valence-corrected chi connectivity index (χ0v) is 21.0. The molecule has 1 aromatic rings. The van der Waals surface area contributed by atoms with Gasteiger partial charge < -0.3 is 9.16 Å². The van der Waals surface area contributed by atoms with Crippen LogP contribution in [0.3, 0.4) is 0 Å². The van der Waals surface area contributed by atoms with Crippen molar-refractivity contribution in [3.63, 3.8) is 0 Å². The van der Waals surface area contributed by atoms with Crippen molar-refractivity contribution < 1.29 is 14.0 Å². The third kappa shape index (κ3) is 9.48. The summed E-state index contributed by atoms with van der Waals surface area (Å²) in [6.45, 7) is 14.7. The van der Waals surface area contributed by atoms with E-state index in [-0.39, 0.29) is 12.1 Å². The number of hydrogen-bond donors (Lipinski definition) is 0. The molecule has 0 fully saturated rings. The van der Waals surface area contributed by atoms with Crippen molar-refractivity contribution in [2.45, 2.75) is 117 Å². The zero-order chi connectivity index (χ0) is 21.9. The number of ether oxygens (including phenoxy) is 1. The standard InChI is InChI=1S/C25H44O3Si/c1-8-11-18-29(19-12-9-2,20-13-10-3)28-21(4)22-14-16-23(17-15-22)24(26)27-25(5,6)7/h14-17,21H,8-13,18-20H2,1-7H3/t21-/m0/s1. The third-order valence-electron chi connectivity index (χ3n) is 5.40. The van der Waals surface area contributed by atoms with Crippen LogP contribution in [0.25, 0.3) is 0 Å². The van der Waals surface area contributed by atoms with Crippen molar-refractivity contribution in [3.8, 4) is 0 Å². The van der Waals surface area contributed by atoms with Crippen molar-refractivity contribution in [2.24, 2.45) is 0 Å². The lowest BCUT2D eigenvalue weighted by atomic mass is 10.1. The Kier molecular flexibility index (Phi) is 11.2. The lowest BCUT2D eigenvalue weighted by molar-refractivity contribution is 0.00694. The molecule has 3 nitrogen and oxygen atoms in total. The Labute approximate surface area is 180 Å².